The average molecular weight is 385 g/mol. The molecule has 0 saturated heterocycles. The Morgan fingerprint density at radius 1 is 0.964 bits per heavy atom. The molecule has 0 amide bonds. The van der Waals surface area contributed by atoms with Crippen LogP contribution in [-0.4, -0.2) is 6.61 Å². The molecule has 2 aromatic rings. The summed E-state index contributed by atoms with van der Waals surface area (Å²) in [5, 5.41) is 0. The largest absolute Gasteiger partial charge is 0.490 e. The molecule has 3 heteroatoms. The van der Waals surface area contributed by atoms with Gasteiger partial charge in [0.2, 0.25) is 5.82 Å². The van der Waals surface area contributed by atoms with Gasteiger partial charge < -0.3 is 4.74 Å². The summed E-state index contributed by atoms with van der Waals surface area (Å²) in [4.78, 5) is 0. The van der Waals surface area contributed by atoms with E-state index >= 15 is 0 Å². The highest BCUT2D eigenvalue weighted by atomic mass is 19.2. The zero-order valence-electron chi connectivity index (χ0n) is 16.9. The number of benzene rings is 2. The Bertz CT molecular complexity index is 787. The predicted molar refractivity (Wildman–Crippen MR) is 112 cm³/mol. The molecule has 3 rings (SSSR count). The molecule has 1 aliphatic rings. The maximum absolute atomic E-state index is 14.6. The van der Waals surface area contributed by atoms with Crippen molar-refractivity contribution in [1.82, 2.24) is 0 Å². The van der Waals surface area contributed by atoms with E-state index in [4.69, 9.17) is 4.74 Å². The number of hydrogen-bond donors (Lipinski definition) is 0. The van der Waals surface area contributed by atoms with E-state index in [-0.39, 0.29) is 11.3 Å². The minimum Gasteiger partial charge on any atom is -0.490 e. The summed E-state index contributed by atoms with van der Waals surface area (Å²) >= 11 is 0. The summed E-state index contributed by atoms with van der Waals surface area (Å²) in [5.41, 5.74) is 2.27. The summed E-state index contributed by atoms with van der Waals surface area (Å²) in [7, 11) is 0. The molecule has 0 radical (unpaired) electrons. The van der Waals surface area contributed by atoms with Gasteiger partial charge in [-0.1, -0.05) is 49.8 Å². The lowest BCUT2D eigenvalue weighted by molar-refractivity contribution is 0.289. The van der Waals surface area contributed by atoms with Crippen molar-refractivity contribution in [2.45, 2.75) is 58.3 Å². The van der Waals surface area contributed by atoms with Crippen molar-refractivity contribution in [2.24, 2.45) is 5.92 Å². The second-order valence-corrected chi connectivity index (χ2v) is 7.70. The molecule has 0 heterocycles. The van der Waals surface area contributed by atoms with Gasteiger partial charge in [0.05, 0.1) is 6.61 Å². The van der Waals surface area contributed by atoms with Crippen LogP contribution in [0.1, 0.15) is 63.9 Å². The third-order valence-electron chi connectivity index (χ3n) is 5.73. The Hall–Kier alpha value is -2.16. The van der Waals surface area contributed by atoms with Crippen molar-refractivity contribution in [1.29, 1.82) is 0 Å². The van der Waals surface area contributed by atoms with E-state index in [1.165, 1.54) is 37.3 Å². The first-order valence-electron chi connectivity index (χ1n) is 10.5. The zero-order chi connectivity index (χ0) is 19.9. The second kappa shape index (κ2) is 9.86. The fraction of sp³-hybridized carbons (Fsp3) is 0.440. The average Bonchev–Trinajstić information content (AvgIpc) is 2.72. The molecule has 0 aliphatic heterocycles. The van der Waals surface area contributed by atoms with Gasteiger partial charge in [0.1, 0.15) is 0 Å². The van der Waals surface area contributed by atoms with Gasteiger partial charge in [-0.3, -0.25) is 0 Å². The Balaban J connectivity index is 1.70. The molecule has 1 saturated carbocycles. The fourth-order valence-corrected chi connectivity index (χ4v) is 4.04. The minimum absolute atomic E-state index is 0.00999. The lowest BCUT2D eigenvalue weighted by atomic mass is 9.78. The normalized spacial score (nSPS) is 19.9. The van der Waals surface area contributed by atoms with E-state index in [0.717, 1.165) is 12.8 Å². The maximum atomic E-state index is 14.6. The van der Waals surface area contributed by atoms with Crippen molar-refractivity contribution in [3.05, 3.63) is 65.7 Å². The van der Waals surface area contributed by atoms with Crippen LogP contribution < -0.4 is 4.74 Å². The van der Waals surface area contributed by atoms with Gasteiger partial charge >= 0.3 is 0 Å². The highest BCUT2D eigenvalue weighted by Gasteiger charge is 2.21. The van der Waals surface area contributed by atoms with Crippen LogP contribution in [0, 0.1) is 17.6 Å². The molecule has 0 atom stereocenters. The molecule has 1 nitrogen and oxygen atoms in total. The number of unbranched alkanes of at least 4 members (excludes halogenated alkanes) is 1. The Morgan fingerprint density at radius 2 is 1.68 bits per heavy atom. The van der Waals surface area contributed by atoms with Crippen LogP contribution in [0.5, 0.6) is 5.75 Å². The van der Waals surface area contributed by atoms with Crippen LogP contribution in [0.4, 0.5) is 8.78 Å². The maximum Gasteiger partial charge on any atom is 0.201 e. The Morgan fingerprint density at radius 3 is 2.32 bits per heavy atom. The summed E-state index contributed by atoms with van der Waals surface area (Å²) in [6.07, 6.45) is 11.0. The molecule has 2 aromatic carbocycles. The third kappa shape index (κ3) is 4.81. The number of ether oxygens (including phenoxy) is 1. The van der Waals surface area contributed by atoms with Crippen LogP contribution in [0.15, 0.2) is 48.6 Å². The molecule has 0 unspecified atom stereocenters. The van der Waals surface area contributed by atoms with E-state index in [9.17, 15) is 8.78 Å². The van der Waals surface area contributed by atoms with Crippen LogP contribution in [0.3, 0.4) is 0 Å². The predicted octanol–water partition coefficient (Wildman–Crippen LogP) is 7.66. The number of hydrogen-bond acceptors (Lipinski definition) is 1. The van der Waals surface area contributed by atoms with Crippen molar-refractivity contribution in [2.75, 3.05) is 6.61 Å². The Labute approximate surface area is 167 Å². The summed E-state index contributed by atoms with van der Waals surface area (Å²) in [6.45, 7) is 4.51. The molecule has 0 spiro atoms. The lowest BCUT2D eigenvalue weighted by Gasteiger charge is -2.27. The highest BCUT2D eigenvalue weighted by Crippen LogP contribution is 2.37. The van der Waals surface area contributed by atoms with E-state index in [0.29, 0.717) is 24.0 Å². The zero-order valence-corrected chi connectivity index (χ0v) is 16.9. The first-order valence-corrected chi connectivity index (χ1v) is 10.5. The summed E-state index contributed by atoms with van der Waals surface area (Å²) < 4.78 is 34.3. The number of rotatable bonds is 7. The third-order valence-corrected chi connectivity index (χ3v) is 5.73. The van der Waals surface area contributed by atoms with Gasteiger partial charge in [-0.15, -0.1) is 0 Å². The van der Waals surface area contributed by atoms with Crippen molar-refractivity contribution in [3.8, 4) is 16.9 Å². The highest BCUT2D eigenvalue weighted by molar-refractivity contribution is 5.65. The van der Waals surface area contributed by atoms with Gasteiger partial charge in [0.15, 0.2) is 11.6 Å². The standard InChI is InChI=1S/C25H30F2O/c1-3-5-17-28-23-16-15-22(24(26)25(23)27)21-13-11-20(12-14-21)19-9-7-18(6-4-2)8-10-19/h4,6,11-16,18-19H,3,5,7-10,17H2,1-2H3/b6-4+. The molecule has 0 N–H and O–H groups in total. The smallest absolute Gasteiger partial charge is 0.201 e. The quantitative estimate of drug-likeness (QED) is 0.352. The van der Waals surface area contributed by atoms with Gasteiger partial charge in [0.25, 0.3) is 0 Å². The van der Waals surface area contributed by atoms with E-state index in [2.05, 4.69) is 31.2 Å². The monoisotopic (exact) mass is 384 g/mol. The first-order chi connectivity index (χ1) is 13.6. The minimum atomic E-state index is -0.903. The van der Waals surface area contributed by atoms with Crippen molar-refractivity contribution >= 4 is 0 Å². The summed E-state index contributed by atoms with van der Waals surface area (Å²) in [5.74, 6) is -0.486. The Kier molecular flexibility index (Phi) is 7.24. The summed E-state index contributed by atoms with van der Waals surface area (Å²) in [6, 6.07) is 11.1. The topological polar surface area (TPSA) is 9.23 Å². The molecule has 28 heavy (non-hydrogen) atoms. The van der Waals surface area contributed by atoms with Crippen LogP contribution >= 0.6 is 0 Å². The number of halogens is 2. The van der Waals surface area contributed by atoms with E-state index < -0.39 is 11.6 Å². The fourth-order valence-electron chi connectivity index (χ4n) is 4.04. The van der Waals surface area contributed by atoms with Crippen LogP contribution in [0.2, 0.25) is 0 Å². The second-order valence-electron chi connectivity index (χ2n) is 7.70. The van der Waals surface area contributed by atoms with Crippen LogP contribution in [-0.2, 0) is 0 Å². The molecular formula is C25H30F2O. The van der Waals surface area contributed by atoms with Gasteiger partial charge in [-0.05, 0) is 74.1 Å². The first kappa shape index (κ1) is 20.6. The molecule has 150 valence electrons. The molecule has 0 bridgehead atoms. The lowest BCUT2D eigenvalue weighted by Crippen LogP contribution is -2.11. The molecular weight excluding hydrogens is 354 g/mol. The van der Waals surface area contributed by atoms with Crippen molar-refractivity contribution in [3.63, 3.8) is 0 Å². The van der Waals surface area contributed by atoms with Gasteiger partial charge in [-0.2, -0.15) is 4.39 Å². The van der Waals surface area contributed by atoms with Gasteiger partial charge in [-0.25, -0.2) is 4.39 Å². The SMILES string of the molecule is C/C=C/C1CCC(c2ccc(-c3ccc(OCCCC)c(F)c3F)cc2)CC1. The number of allylic oxidation sites excluding steroid dienone is 2. The molecule has 0 aromatic heterocycles. The van der Waals surface area contributed by atoms with Crippen molar-refractivity contribution < 1.29 is 13.5 Å². The van der Waals surface area contributed by atoms with E-state index in [1.807, 2.05) is 19.1 Å². The van der Waals surface area contributed by atoms with Gasteiger partial charge in [0, 0.05) is 5.56 Å². The molecule has 1 aliphatic carbocycles. The van der Waals surface area contributed by atoms with Crippen LogP contribution in [0.25, 0.3) is 11.1 Å². The van der Waals surface area contributed by atoms with E-state index in [1.54, 1.807) is 6.07 Å². The molecule has 1 fully saturated rings.